The summed E-state index contributed by atoms with van der Waals surface area (Å²) in [6.45, 7) is 13.4. The molecular formula is C45H66N6O6. The molecule has 1 aliphatic carbocycles. The van der Waals surface area contributed by atoms with Crippen molar-refractivity contribution in [3.8, 4) is 16.9 Å². The minimum Gasteiger partial charge on any atom is -0.496 e. The topological polar surface area (TPSA) is 140 Å². The van der Waals surface area contributed by atoms with Crippen molar-refractivity contribution in [2.24, 2.45) is 29.1 Å². The van der Waals surface area contributed by atoms with Gasteiger partial charge in [-0.05, 0) is 86.5 Å². The van der Waals surface area contributed by atoms with Gasteiger partial charge in [0.1, 0.15) is 17.9 Å². The number of hydrogen-bond acceptors (Lipinski definition) is 10. The van der Waals surface area contributed by atoms with Crippen molar-refractivity contribution in [3.63, 3.8) is 0 Å². The number of aromatic nitrogens is 1. The van der Waals surface area contributed by atoms with Gasteiger partial charge in [0.05, 0.1) is 26.4 Å². The van der Waals surface area contributed by atoms with Crippen LogP contribution < -0.4 is 20.3 Å². The maximum Gasteiger partial charge on any atom is 0.251 e. The number of nitrogens with zero attached hydrogens (tertiary/aromatic N) is 4. The van der Waals surface area contributed by atoms with Gasteiger partial charge in [0.15, 0.2) is 0 Å². The first-order valence-corrected chi connectivity index (χ1v) is 20.3. The van der Waals surface area contributed by atoms with Crippen LogP contribution in [0.4, 0.5) is 5.69 Å². The standard InChI is InChI=1S/C45H66N6O6/c1-27-19-38(28(2)29(3)45(27,5)6)48-44(55)41-40(30(4)53)39(26-52)57-51(41)24-31-15-14-17-37(42(31)56-11)32-20-33(22-36(21-32)50(9)10)43(54)47-35(25-49(7)8)23-34-16-12-13-18-46-34/h12-18,20-22,27-30,35,38-41,52-53H,19,23-26H2,1-11H3,(H,47,54)(H,48,55)/t27-,28+,29+,30+,35+,38+,39+,40-,41+/m1/s1. The number of rotatable bonds is 15. The Morgan fingerprint density at radius 1 is 1.07 bits per heavy atom. The fourth-order valence-corrected chi connectivity index (χ4v) is 8.85. The molecule has 0 bridgehead atoms. The number of pyridine rings is 1. The molecule has 2 aromatic carbocycles. The lowest BCUT2D eigenvalue weighted by Crippen LogP contribution is -2.56. The zero-order valence-electron chi connectivity index (χ0n) is 35.8. The molecule has 1 saturated heterocycles. The summed E-state index contributed by atoms with van der Waals surface area (Å²) < 4.78 is 6.11. The first-order valence-electron chi connectivity index (χ1n) is 20.3. The molecule has 4 N–H and O–H groups in total. The van der Waals surface area contributed by atoms with E-state index >= 15 is 0 Å². The van der Waals surface area contributed by atoms with E-state index in [1.54, 1.807) is 25.3 Å². The van der Waals surface area contributed by atoms with Gasteiger partial charge in [-0.3, -0.25) is 19.4 Å². The Morgan fingerprint density at radius 2 is 1.81 bits per heavy atom. The lowest BCUT2D eigenvalue weighted by atomic mass is 9.58. The maximum absolute atomic E-state index is 14.4. The number of ether oxygens (including phenoxy) is 1. The molecule has 2 aliphatic rings. The van der Waals surface area contributed by atoms with Crippen molar-refractivity contribution < 1.29 is 29.4 Å². The molecule has 0 radical (unpaired) electrons. The lowest BCUT2D eigenvalue weighted by Gasteiger charge is -2.50. The Morgan fingerprint density at radius 3 is 2.42 bits per heavy atom. The molecule has 2 heterocycles. The smallest absolute Gasteiger partial charge is 0.251 e. The van der Waals surface area contributed by atoms with Crippen LogP contribution in [0.15, 0.2) is 60.8 Å². The predicted octanol–water partition coefficient (Wildman–Crippen LogP) is 5.02. The number of anilines is 1. The van der Waals surface area contributed by atoms with E-state index in [1.165, 1.54) is 0 Å². The molecule has 5 rings (SSSR count). The minimum atomic E-state index is -0.920. The van der Waals surface area contributed by atoms with Gasteiger partial charge in [-0.15, -0.1) is 0 Å². The highest BCUT2D eigenvalue weighted by molar-refractivity contribution is 5.97. The Labute approximate surface area is 339 Å². The van der Waals surface area contributed by atoms with Crippen LogP contribution >= 0.6 is 0 Å². The summed E-state index contributed by atoms with van der Waals surface area (Å²) >= 11 is 0. The van der Waals surface area contributed by atoms with E-state index in [2.05, 4.69) is 55.1 Å². The van der Waals surface area contributed by atoms with E-state index in [0.717, 1.165) is 34.5 Å². The van der Waals surface area contributed by atoms with Gasteiger partial charge in [-0.1, -0.05) is 58.9 Å². The van der Waals surface area contributed by atoms with Gasteiger partial charge in [0.2, 0.25) is 5.91 Å². The van der Waals surface area contributed by atoms with Crippen molar-refractivity contribution >= 4 is 17.5 Å². The number of carbonyl (C=O) groups excluding carboxylic acids is 2. The number of likely N-dealkylation sites (N-methyl/N-ethyl adjacent to an activating group) is 1. The molecule has 9 atom stereocenters. The van der Waals surface area contributed by atoms with E-state index in [-0.39, 0.29) is 48.4 Å². The van der Waals surface area contributed by atoms with Crippen molar-refractivity contribution in [1.82, 2.24) is 25.6 Å². The normalized spacial score (nSPS) is 25.8. The highest BCUT2D eigenvalue weighted by atomic mass is 16.7. The number of aliphatic hydroxyl groups excluding tert-OH is 2. The van der Waals surface area contributed by atoms with Gasteiger partial charge in [0.25, 0.3) is 5.91 Å². The van der Waals surface area contributed by atoms with Crippen LogP contribution in [0.5, 0.6) is 5.75 Å². The molecule has 12 nitrogen and oxygen atoms in total. The van der Waals surface area contributed by atoms with Gasteiger partial charge >= 0.3 is 0 Å². The van der Waals surface area contributed by atoms with Gasteiger partial charge in [-0.25, -0.2) is 0 Å². The van der Waals surface area contributed by atoms with Crippen LogP contribution in [0, 0.1) is 29.1 Å². The van der Waals surface area contributed by atoms with E-state index in [4.69, 9.17) is 9.57 Å². The summed E-state index contributed by atoms with van der Waals surface area (Å²) in [7, 11) is 9.44. The second kappa shape index (κ2) is 18.7. The third kappa shape index (κ3) is 9.97. The third-order valence-corrected chi connectivity index (χ3v) is 12.9. The molecule has 3 aromatic rings. The van der Waals surface area contributed by atoms with Gasteiger partial charge < -0.3 is 35.4 Å². The van der Waals surface area contributed by atoms with Crippen LogP contribution in [0.2, 0.25) is 0 Å². The summed E-state index contributed by atoms with van der Waals surface area (Å²) in [6, 6.07) is 16.3. The Hall–Kier alpha value is -4.07. The summed E-state index contributed by atoms with van der Waals surface area (Å²) in [5, 5.41) is 29.6. The number of carbonyl (C=O) groups is 2. The fraction of sp³-hybridized carbons (Fsp3) is 0.578. The summed E-state index contributed by atoms with van der Waals surface area (Å²) in [6.07, 6.45) is 1.50. The average molecular weight is 787 g/mol. The lowest BCUT2D eigenvalue weighted by molar-refractivity contribution is -0.182. The van der Waals surface area contributed by atoms with Crippen molar-refractivity contribution in [2.45, 2.75) is 91.3 Å². The number of hydroxylamine groups is 2. The molecule has 1 aliphatic heterocycles. The average Bonchev–Trinajstić information content (AvgIpc) is 3.54. The zero-order valence-corrected chi connectivity index (χ0v) is 35.8. The molecule has 2 amide bonds. The first kappa shape index (κ1) is 44.0. The van der Waals surface area contributed by atoms with Crippen LogP contribution in [0.25, 0.3) is 11.1 Å². The number of hydrogen-bond donors (Lipinski definition) is 4. The van der Waals surface area contributed by atoms with E-state index in [1.807, 2.05) is 87.7 Å². The number of aliphatic hydroxyl groups is 2. The largest absolute Gasteiger partial charge is 0.496 e. The summed E-state index contributed by atoms with van der Waals surface area (Å²) in [5.74, 6) is 0.505. The molecule has 1 aromatic heterocycles. The summed E-state index contributed by atoms with van der Waals surface area (Å²) in [5.41, 5.74) is 4.67. The first-order chi connectivity index (χ1) is 27.0. The number of nitrogens with one attached hydrogen (secondary N) is 2. The quantitative estimate of drug-likeness (QED) is 0.166. The molecule has 312 valence electrons. The number of amides is 2. The SMILES string of the molecule is COc1c(CN2O[C@@H](CO)[C@@H]([C@H](C)O)[C@H]2C(=O)N[C@H]2C[C@@H](C)C(C)(C)[C@@H](C)[C@@H]2C)cccc1-c1cc(C(=O)N[C@@H](Cc2ccccn2)CN(C)C)cc(N(C)C)c1. The number of methoxy groups -OCH3 is 1. The minimum absolute atomic E-state index is 0.0402. The van der Waals surface area contributed by atoms with Gasteiger partial charge in [-0.2, -0.15) is 5.06 Å². The van der Waals surface area contributed by atoms with Crippen molar-refractivity contribution in [1.29, 1.82) is 0 Å². The van der Waals surface area contributed by atoms with Crippen molar-refractivity contribution in [2.75, 3.05) is 53.4 Å². The number of benzene rings is 2. The monoisotopic (exact) mass is 787 g/mol. The van der Waals surface area contributed by atoms with Crippen LogP contribution in [0.1, 0.15) is 69.6 Å². The second-order valence-electron chi connectivity index (χ2n) is 17.5. The van der Waals surface area contributed by atoms with Crippen molar-refractivity contribution in [3.05, 3.63) is 77.6 Å². The molecule has 1 saturated carbocycles. The highest BCUT2D eigenvalue weighted by Crippen LogP contribution is 2.47. The second-order valence-corrected chi connectivity index (χ2v) is 17.5. The molecule has 0 unspecified atom stereocenters. The molecule has 2 fully saturated rings. The molecule has 12 heteroatoms. The van der Waals surface area contributed by atoms with Crippen LogP contribution in [-0.4, -0.2) is 116 Å². The highest BCUT2D eigenvalue weighted by Gasteiger charge is 2.51. The zero-order chi connectivity index (χ0) is 41.8. The summed E-state index contributed by atoms with van der Waals surface area (Å²) in [4.78, 5) is 43.2. The molecular weight excluding hydrogens is 721 g/mol. The Kier molecular flexibility index (Phi) is 14.4. The van der Waals surface area contributed by atoms with Crippen LogP contribution in [-0.2, 0) is 22.6 Å². The van der Waals surface area contributed by atoms with E-state index < -0.39 is 24.2 Å². The van der Waals surface area contributed by atoms with Crippen LogP contribution in [0.3, 0.4) is 0 Å². The van der Waals surface area contributed by atoms with Gasteiger partial charge in [0, 0.05) is 79.3 Å². The predicted molar refractivity (Wildman–Crippen MR) is 225 cm³/mol. The molecule has 0 spiro atoms. The van der Waals surface area contributed by atoms with E-state index in [0.29, 0.717) is 36.1 Å². The number of para-hydroxylation sites is 1. The maximum atomic E-state index is 14.4. The fourth-order valence-electron chi connectivity index (χ4n) is 8.85. The van der Waals surface area contributed by atoms with E-state index in [9.17, 15) is 19.8 Å². The molecule has 57 heavy (non-hydrogen) atoms. The third-order valence-electron chi connectivity index (χ3n) is 12.9. The Bertz CT molecular complexity index is 1820. The Balaban J connectivity index is 1.46.